The number of benzene rings is 2. The number of fused-ring (bicyclic) bond motifs is 1. The number of amides is 1. The van der Waals surface area contributed by atoms with Crippen LogP contribution in [0.2, 0.25) is 0 Å². The molecule has 0 aliphatic carbocycles. The molecule has 1 amide bonds. The van der Waals surface area contributed by atoms with Gasteiger partial charge < -0.3 is 14.5 Å². The Hall–Kier alpha value is -3.23. The average Bonchev–Trinajstić information content (AvgIpc) is 3.16. The van der Waals surface area contributed by atoms with Gasteiger partial charge in [0, 0.05) is 20.8 Å². The minimum absolute atomic E-state index is 0.0618. The molecule has 4 rings (SSSR count). The van der Waals surface area contributed by atoms with Gasteiger partial charge in [-0.15, -0.1) is 11.3 Å². The van der Waals surface area contributed by atoms with Crippen molar-refractivity contribution in [1.82, 2.24) is 0 Å². The molecule has 0 radical (unpaired) electrons. The first-order valence-corrected chi connectivity index (χ1v) is 10.9. The molecule has 0 aliphatic heterocycles. The lowest BCUT2D eigenvalue weighted by Crippen LogP contribution is -2.21. The van der Waals surface area contributed by atoms with Crippen molar-refractivity contribution >= 4 is 55.1 Å². The molecule has 2 N–H and O–H groups in total. The maximum Gasteiger partial charge on any atom is 0.341 e. The molecule has 156 valence electrons. The number of aryl methyl sites for hydroxylation is 1. The summed E-state index contributed by atoms with van der Waals surface area (Å²) in [6, 6.07) is 14.6. The minimum Gasteiger partial charge on any atom is -0.465 e. The Morgan fingerprint density at radius 2 is 1.87 bits per heavy atom. The van der Waals surface area contributed by atoms with Crippen molar-refractivity contribution in [1.29, 1.82) is 5.41 Å². The molecule has 4 aromatic rings. The van der Waals surface area contributed by atoms with Gasteiger partial charge in [-0.05, 0) is 36.8 Å². The Morgan fingerprint density at radius 3 is 2.58 bits per heavy atom. The van der Waals surface area contributed by atoms with Gasteiger partial charge in [-0.25, -0.2) is 4.79 Å². The Morgan fingerprint density at radius 1 is 1.13 bits per heavy atom. The molecule has 0 spiro atoms. The highest BCUT2D eigenvalue weighted by Crippen LogP contribution is 2.36. The highest BCUT2D eigenvalue weighted by molar-refractivity contribution is 9.10. The van der Waals surface area contributed by atoms with Crippen molar-refractivity contribution in [2.24, 2.45) is 0 Å². The number of carbonyl (C=O) groups is 2. The summed E-state index contributed by atoms with van der Waals surface area (Å²) in [4.78, 5) is 25.5. The average molecular weight is 497 g/mol. The van der Waals surface area contributed by atoms with Crippen LogP contribution < -0.4 is 10.9 Å². The summed E-state index contributed by atoms with van der Waals surface area (Å²) < 4.78 is 11.3. The van der Waals surface area contributed by atoms with E-state index >= 15 is 0 Å². The van der Waals surface area contributed by atoms with E-state index in [0.717, 1.165) is 15.6 Å². The van der Waals surface area contributed by atoms with Gasteiger partial charge in [0.2, 0.25) is 5.55 Å². The molecule has 0 bridgehead atoms. The van der Waals surface area contributed by atoms with E-state index in [0.29, 0.717) is 21.5 Å². The molecule has 2 heterocycles. The second-order valence-electron chi connectivity index (χ2n) is 6.84. The van der Waals surface area contributed by atoms with Gasteiger partial charge in [0.25, 0.3) is 5.91 Å². The van der Waals surface area contributed by atoms with Crippen LogP contribution in [-0.2, 0) is 4.74 Å². The summed E-state index contributed by atoms with van der Waals surface area (Å²) in [5.41, 5.74) is 3.19. The summed E-state index contributed by atoms with van der Waals surface area (Å²) in [6.45, 7) is 1.98. The van der Waals surface area contributed by atoms with Crippen molar-refractivity contribution in [2.45, 2.75) is 6.92 Å². The van der Waals surface area contributed by atoms with Gasteiger partial charge in [0.15, 0.2) is 0 Å². The Balaban J connectivity index is 1.74. The maximum absolute atomic E-state index is 13.0. The number of nitrogens with one attached hydrogen (secondary N) is 2. The first kappa shape index (κ1) is 21.0. The smallest absolute Gasteiger partial charge is 0.341 e. The number of hydrogen-bond donors (Lipinski definition) is 2. The van der Waals surface area contributed by atoms with Crippen LogP contribution >= 0.6 is 27.3 Å². The van der Waals surface area contributed by atoms with Crippen LogP contribution in [0, 0.1) is 12.3 Å². The number of ether oxygens (including phenoxy) is 1. The van der Waals surface area contributed by atoms with Crippen molar-refractivity contribution < 1.29 is 18.7 Å². The molecule has 31 heavy (non-hydrogen) atoms. The molecule has 0 saturated heterocycles. The molecule has 8 heteroatoms. The van der Waals surface area contributed by atoms with E-state index in [1.807, 2.05) is 31.2 Å². The quantitative estimate of drug-likeness (QED) is 0.351. The van der Waals surface area contributed by atoms with E-state index < -0.39 is 11.9 Å². The lowest BCUT2D eigenvalue weighted by molar-refractivity contribution is 0.0603. The Bertz CT molecular complexity index is 1370. The van der Waals surface area contributed by atoms with Gasteiger partial charge in [-0.2, -0.15) is 0 Å². The lowest BCUT2D eigenvalue weighted by atomic mass is 10.0. The fourth-order valence-corrected chi connectivity index (χ4v) is 4.48. The maximum atomic E-state index is 13.0. The summed E-state index contributed by atoms with van der Waals surface area (Å²) >= 11 is 4.61. The number of esters is 1. The summed E-state index contributed by atoms with van der Waals surface area (Å²) in [5.74, 6) is -1.09. The first-order valence-electron chi connectivity index (χ1n) is 9.23. The number of thiophene rings is 1. The zero-order valence-electron chi connectivity index (χ0n) is 16.6. The molecular weight excluding hydrogens is 480 g/mol. The zero-order valence-corrected chi connectivity index (χ0v) is 19.0. The fourth-order valence-electron chi connectivity index (χ4n) is 3.15. The molecule has 0 unspecified atom stereocenters. The van der Waals surface area contributed by atoms with E-state index in [1.165, 1.54) is 18.4 Å². The third kappa shape index (κ3) is 4.17. The molecule has 0 aliphatic rings. The highest BCUT2D eigenvalue weighted by atomic mass is 79.9. The Labute approximate surface area is 190 Å². The number of anilines is 1. The lowest BCUT2D eigenvalue weighted by Gasteiger charge is -2.09. The predicted octanol–water partition coefficient (Wildman–Crippen LogP) is 5.75. The van der Waals surface area contributed by atoms with Crippen molar-refractivity contribution in [2.75, 3.05) is 12.4 Å². The van der Waals surface area contributed by atoms with Gasteiger partial charge in [-0.3, -0.25) is 10.2 Å². The SMILES string of the molecule is COC(=O)c1c(-c2ccc(C)cc2)csc1NC(=O)c1cc2cc(Br)ccc2oc1=N. The van der Waals surface area contributed by atoms with Crippen LogP contribution in [-0.4, -0.2) is 19.0 Å². The van der Waals surface area contributed by atoms with Gasteiger partial charge in [0.1, 0.15) is 21.7 Å². The van der Waals surface area contributed by atoms with Crippen LogP contribution in [0.3, 0.4) is 0 Å². The molecule has 2 aromatic carbocycles. The third-order valence-corrected chi connectivity index (χ3v) is 6.13. The van der Waals surface area contributed by atoms with E-state index in [-0.39, 0.29) is 16.7 Å². The largest absolute Gasteiger partial charge is 0.465 e. The van der Waals surface area contributed by atoms with Crippen LogP contribution in [0.15, 0.2) is 62.8 Å². The van der Waals surface area contributed by atoms with Crippen LogP contribution in [0.4, 0.5) is 5.00 Å². The Kier molecular flexibility index (Phi) is 5.75. The topological polar surface area (TPSA) is 92.4 Å². The van der Waals surface area contributed by atoms with Gasteiger partial charge in [-0.1, -0.05) is 45.8 Å². The van der Waals surface area contributed by atoms with Crippen LogP contribution in [0.25, 0.3) is 22.1 Å². The minimum atomic E-state index is -0.551. The molecule has 0 saturated carbocycles. The van der Waals surface area contributed by atoms with E-state index in [4.69, 9.17) is 14.6 Å². The summed E-state index contributed by atoms with van der Waals surface area (Å²) in [7, 11) is 1.30. The van der Waals surface area contributed by atoms with Crippen molar-refractivity contribution in [3.8, 4) is 11.1 Å². The van der Waals surface area contributed by atoms with Crippen LogP contribution in [0.5, 0.6) is 0 Å². The predicted molar refractivity (Wildman–Crippen MR) is 124 cm³/mol. The van der Waals surface area contributed by atoms with Crippen molar-refractivity contribution in [3.05, 3.63) is 80.6 Å². The number of halogens is 1. The fraction of sp³-hybridized carbons (Fsp3) is 0.0870. The molecule has 0 atom stereocenters. The third-order valence-electron chi connectivity index (χ3n) is 4.74. The normalized spacial score (nSPS) is 10.8. The number of hydrogen-bond acceptors (Lipinski definition) is 6. The number of rotatable bonds is 4. The van der Waals surface area contributed by atoms with Crippen molar-refractivity contribution in [3.63, 3.8) is 0 Å². The second kappa shape index (κ2) is 8.49. The molecule has 6 nitrogen and oxygen atoms in total. The first-order chi connectivity index (χ1) is 14.9. The molecule has 2 aromatic heterocycles. The standard InChI is InChI=1S/C23H17BrN2O4S/c1-12-3-5-13(6-4-12)17-11-31-22(19(17)23(28)29-2)26-21(27)16-10-14-9-15(24)7-8-18(14)30-20(16)25/h3-11,25H,1-2H3,(H,26,27). The van der Waals surface area contributed by atoms with E-state index in [9.17, 15) is 9.59 Å². The zero-order chi connectivity index (χ0) is 22.1. The monoisotopic (exact) mass is 496 g/mol. The van der Waals surface area contributed by atoms with E-state index in [1.54, 1.807) is 29.6 Å². The van der Waals surface area contributed by atoms with Gasteiger partial charge in [0.05, 0.1) is 7.11 Å². The molecule has 0 fully saturated rings. The highest BCUT2D eigenvalue weighted by Gasteiger charge is 2.23. The number of carbonyl (C=O) groups excluding carboxylic acids is 2. The summed E-state index contributed by atoms with van der Waals surface area (Å²) in [6.07, 6.45) is 0. The summed E-state index contributed by atoms with van der Waals surface area (Å²) in [5, 5.41) is 13.7. The van der Waals surface area contributed by atoms with E-state index in [2.05, 4.69) is 21.2 Å². The molecular formula is C23H17BrN2O4S. The number of methoxy groups -OCH3 is 1. The van der Waals surface area contributed by atoms with Gasteiger partial charge >= 0.3 is 5.97 Å². The second-order valence-corrected chi connectivity index (χ2v) is 8.63. The van der Waals surface area contributed by atoms with Crippen LogP contribution in [0.1, 0.15) is 26.3 Å².